The first kappa shape index (κ1) is 24.4. The molecule has 36 heavy (non-hydrogen) atoms. The smallest absolute Gasteiger partial charge is 0.225 e. The maximum atomic E-state index is 9.85. The number of anilines is 4. The second-order valence-corrected chi connectivity index (χ2v) is 10.1. The topological polar surface area (TPSA) is 119 Å². The molecule has 1 saturated carbocycles. The minimum absolute atomic E-state index is 0.0720. The summed E-state index contributed by atoms with van der Waals surface area (Å²) in [6.07, 6.45) is 3.86. The van der Waals surface area contributed by atoms with Crippen LogP contribution in [0, 0.1) is 0 Å². The van der Waals surface area contributed by atoms with Gasteiger partial charge >= 0.3 is 0 Å². The predicted molar refractivity (Wildman–Crippen MR) is 144 cm³/mol. The van der Waals surface area contributed by atoms with Crippen LogP contribution < -0.4 is 15.5 Å². The molecule has 0 unspecified atom stereocenters. The van der Waals surface area contributed by atoms with Crippen molar-refractivity contribution in [2.75, 3.05) is 35.7 Å². The van der Waals surface area contributed by atoms with Crippen LogP contribution in [0.1, 0.15) is 36.9 Å². The summed E-state index contributed by atoms with van der Waals surface area (Å²) in [4.78, 5) is 21.6. The second-order valence-electron chi connectivity index (χ2n) is 9.16. The van der Waals surface area contributed by atoms with E-state index in [1.165, 1.54) is 16.9 Å². The van der Waals surface area contributed by atoms with E-state index in [1.54, 1.807) is 0 Å². The van der Waals surface area contributed by atoms with Crippen LogP contribution in [0.15, 0.2) is 48.5 Å². The third kappa shape index (κ3) is 6.07. The number of hydrogen-bond donors (Lipinski definition) is 4. The summed E-state index contributed by atoms with van der Waals surface area (Å²) in [5.74, 6) is 2.05. The number of aliphatic hydroxyl groups is 2. The molecule has 4 aromatic rings. The third-order valence-corrected chi connectivity index (χ3v) is 7.22. The number of aromatic nitrogens is 4. The molecule has 0 amide bonds. The predicted octanol–water partition coefficient (Wildman–Crippen LogP) is 3.96. The zero-order valence-corrected chi connectivity index (χ0v) is 21.1. The molecule has 4 N–H and O–H groups in total. The SMILES string of the molecule is CN(CCO)c1ccc2nc(Nc3cc(Cc4ccccc4)nc(NC4CCC(O)CC4)n3)sc2n1. The second kappa shape index (κ2) is 11.2. The van der Waals surface area contributed by atoms with E-state index in [9.17, 15) is 10.2 Å². The number of rotatable bonds is 9. The Balaban J connectivity index is 1.39. The van der Waals surface area contributed by atoms with Gasteiger partial charge in [-0.2, -0.15) is 4.98 Å². The van der Waals surface area contributed by atoms with Crippen molar-refractivity contribution in [3.05, 3.63) is 59.8 Å². The Labute approximate surface area is 214 Å². The van der Waals surface area contributed by atoms with E-state index in [1.807, 2.05) is 48.3 Å². The van der Waals surface area contributed by atoms with E-state index in [2.05, 4.69) is 22.8 Å². The molecule has 5 rings (SSSR count). The van der Waals surface area contributed by atoms with Gasteiger partial charge in [-0.1, -0.05) is 41.7 Å². The highest BCUT2D eigenvalue weighted by Crippen LogP contribution is 2.29. The van der Waals surface area contributed by atoms with Crippen molar-refractivity contribution >= 4 is 44.4 Å². The molecule has 1 aromatic carbocycles. The van der Waals surface area contributed by atoms with Gasteiger partial charge in [-0.3, -0.25) is 0 Å². The summed E-state index contributed by atoms with van der Waals surface area (Å²) in [5.41, 5.74) is 2.89. The maximum absolute atomic E-state index is 9.85. The van der Waals surface area contributed by atoms with Crippen LogP contribution in [0.5, 0.6) is 0 Å². The number of thiazole rings is 1. The van der Waals surface area contributed by atoms with E-state index < -0.39 is 0 Å². The van der Waals surface area contributed by atoms with Gasteiger partial charge in [0.2, 0.25) is 5.95 Å². The summed E-state index contributed by atoms with van der Waals surface area (Å²) in [5, 5.41) is 26.6. The molecule has 1 aliphatic carbocycles. The van der Waals surface area contributed by atoms with Crippen LogP contribution in [0.2, 0.25) is 0 Å². The largest absolute Gasteiger partial charge is 0.395 e. The quantitative estimate of drug-likeness (QED) is 0.268. The van der Waals surface area contributed by atoms with E-state index in [4.69, 9.17) is 19.9 Å². The minimum atomic E-state index is -0.206. The average molecular weight is 506 g/mol. The number of nitrogens with zero attached hydrogens (tertiary/aromatic N) is 5. The van der Waals surface area contributed by atoms with Crippen molar-refractivity contribution < 1.29 is 10.2 Å². The van der Waals surface area contributed by atoms with Crippen LogP contribution in [0.3, 0.4) is 0 Å². The number of fused-ring (bicyclic) bond motifs is 1. The van der Waals surface area contributed by atoms with Crippen molar-refractivity contribution in [1.82, 2.24) is 19.9 Å². The van der Waals surface area contributed by atoms with E-state index in [-0.39, 0.29) is 18.8 Å². The van der Waals surface area contributed by atoms with Crippen LogP contribution in [0.25, 0.3) is 10.3 Å². The Morgan fingerprint density at radius 2 is 1.81 bits per heavy atom. The average Bonchev–Trinajstić information content (AvgIpc) is 3.27. The zero-order chi connectivity index (χ0) is 24.9. The fourth-order valence-electron chi connectivity index (χ4n) is 4.37. The first-order valence-corrected chi connectivity index (χ1v) is 13.1. The van der Waals surface area contributed by atoms with Gasteiger partial charge < -0.3 is 25.7 Å². The van der Waals surface area contributed by atoms with Gasteiger partial charge in [0.15, 0.2) is 5.13 Å². The summed E-state index contributed by atoms with van der Waals surface area (Å²) < 4.78 is 0. The number of benzene rings is 1. The molecule has 3 aromatic heterocycles. The fourth-order valence-corrected chi connectivity index (χ4v) is 5.21. The standard InChI is InChI=1S/C26H31N7O2S/c1-33(13-14-34)23-12-11-21-24(32-23)36-26(29-21)31-22-16-19(15-17-5-3-2-4-6-17)28-25(30-22)27-18-7-9-20(35)10-8-18/h2-6,11-12,16,18,20,34-35H,7-10,13-15H2,1H3,(H2,27,28,29,30,31). The molecular weight excluding hydrogens is 474 g/mol. The Bertz CT molecular complexity index is 1290. The van der Waals surface area contributed by atoms with Crippen LogP contribution >= 0.6 is 11.3 Å². The first-order chi connectivity index (χ1) is 17.6. The van der Waals surface area contributed by atoms with E-state index >= 15 is 0 Å². The fraction of sp³-hybridized carbons (Fsp3) is 0.385. The molecule has 1 aliphatic rings. The highest BCUT2D eigenvalue weighted by Gasteiger charge is 2.20. The van der Waals surface area contributed by atoms with Crippen molar-refractivity contribution in [3.63, 3.8) is 0 Å². The number of aliphatic hydroxyl groups excluding tert-OH is 2. The molecular formula is C26H31N7O2S. The molecule has 0 atom stereocenters. The lowest BCUT2D eigenvalue weighted by Crippen LogP contribution is -2.29. The lowest BCUT2D eigenvalue weighted by Gasteiger charge is -2.26. The molecule has 0 bridgehead atoms. The Hall–Kier alpha value is -3.34. The van der Waals surface area contributed by atoms with Gasteiger partial charge in [0.1, 0.15) is 22.0 Å². The molecule has 10 heteroatoms. The van der Waals surface area contributed by atoms with Crippen molar-refractivity contribution in [3.8, 4) is 0 Å². The van der Waals surface area contributed by atoms with Crippen LogP contribution in [-0.2, 0) is 6.42 Å². The zero-order valence-electron chi connectivity index (χ0n) is 20.3. The van der Waals surface area contributed by atoms with Crippen LogP contribution in [0.4, 0.5) is 22.7 Å². The van der Waals surface area contributed by atoms with E-state index in [0.717, 1.165) is 47.5 Å². The van der Waals surface area contributed by atoms with Gasteiger partial charge in [0, 0.05) is 32.1 Å². The van der Waals surface area contributed by atoms with Gasteiger partial charge in [0.05, 0.1) is 18.4 Å². The highest BCUT2D eigenvalue weighted by molar-refractivity contribution is 7.21. The lowest BCUT2D eigenvalue weighted by molar-refractivity contribution is 0.126. The molecule has 0 radical (unpaired) electrons. The van der Waals surface area contributed by atoms with Gasteiger partial charge in [0.25, 0.3) is 0 Å². The molecule has 0 spiro atoms. The number of pyridine rings is 1. The van der Waals surface area contributed by atoms with E-state index in [0.29, 0.717) is 29.9 Å². The Morgan fingerprint density at radius 3 is 2.58 bits per heavy atom. The molecule has 3 heterocycles. The molecule has 188 valence electrons. The normalized spacial score (nSPS) is 17.8. The molecule has 0 aliphatic heterocycles. The maximum Gasteiger partial charge on any atom is 0.225 e. The van der Waals surface area contributed by atoms with Crippen LogP contribution in [-0.4, -0.2) is 62.5 Å². The first-order valence-electron chi connectivity index (χ1n) is 12.3. The Morgan fingerprint density at radius 1 is 1.00 bits per heavy atom. The molecule has 1 fully saturated rings. The number of likely N-dealkylation sites (N-methyl/N-ethyl adjacent to an activating group) is 1. The van der Waals surface area contributed by atoms with Gasteiger partial charge in [-0.25, -0.2) is 15.0 Å². The van der Waals surface area contributed by atoms with Gasteiger partial charge in [-0.05, 0) is 43.4 Å². The summed E-state index contributed by atoms with van der Waals surface area (Å²) in [7, 11) is 1.90. The number of hydrogen-bond acceptors (Lipinski definition) is 10. The lowest BCUT2D eigenvalue weighted by atomic mass is 9.93. The summed E-state index contributed by atoms with van der Waals surface area (Å²) >= 11 is 1.46. The summed E-state index contributed by atoms with van der Waals surface area (Å²) in [6.45, 7) is 0.589. The minimum Gasteiger partial charge on any atom is -0.395 e. The molecule has 9 nitrogen and oxygen atoms in total. The highest BCUT2D eigenvalue weighted by atomic mass is 32.1. The third-order valence-electron chi connectivity index (χ3n) is 6.34. The number of nitrogens with one attached hydrogen (secondary N) is 2. The Kier molecular flexibility index (Phi) is 7.55. The van der Waals surface area contributed by atoms with Gasteiger partial charge in [-0.15, -0.1) is 0 Å². The van der Waals surface area contributed by atoms with Crippen molar-refractivity contribution in [2.45, 2.75) is 44.2 Å². The van der Waals surface area contributed by atoms with Crippen molar-refractivity contribution in [1.29, 1.82) is 0 Å². The molecule has 0 saturated heterocycles. The summed E-state index contributed by atoms with van der Waals surface area (Å²) in [6, 6.07) is 16.3. The monoisotopic (exact) mass is 505 g/mol. The van der Waals surface area contributed by atoms with Crippen molar-refractivity contribution in [2.24, 2.45) is 0 Å².